The van der Waals surface area contributed by atoms with Gasteiger partial charge in [0.25, 0.3) is 5.91 Å². The molecule has 2 aliphatic rings. The second kappa shape index (κ2) is 9.59. The predicted octanol–water partition coefficient (Wildman–Crippen LogP) is 3.32. The quantitative estimate of drug-likeness (QED) is 0.592. The van der Waals surface area contributed by atoms with Crippen molar-refractivity contribution in [2.24, 2.45) is 5.92 Å². The van der Waals surface area contributed by atoms with Crippen LogP contribution in [0.5, 0.6) is 0 Å². The third kappa shape index (κ3) is 4.69. The fourth-order valence-corrected chi connectivity index (χ4v) is 6.09. The third-order valence-corrected chi connectivity index (χ3v) is 8.51. The summed E-state index contributed by atoms with van der Waals surface area (Å²) in [7, 11) is -3.61. The van der Waals surface area contributed by atoms with Crippen molar-refractivity contribution in [1.82, 2.24) is 9.29 Å². The first-order chi connectivity index (χ1) is 16.9. The van der Waals surface area contributed by atoms with Crippen LogP contribution in [0.3, 0.4) is 0 Å². The molecule has 0 radical (unpaired) electrons. The number of piperidine rings is 1. The standard InChI is InChI=1S/C26H26N4O4S/c31-25(20-11-15-29(16-12-20)35(33,34)23-5-3-14-27-18-23)28-22-9-7-21(8-10-22)26(32)30-17-13-19-4-1-2-6-24(19)30/h1-10,14,18,20H,11-13,15-17H2,(H,28,31). The van der Waals surface area contributed by atoms with Gasteiger partial charge >= 0.3 is 0 Å². The number of carbonyl (C=O) groups is 2. The minimum absolute atomic E-state index is 0.0602. The Bertz CT molecular complexity index is 1340. The highest BCUT2D eigenvalue weighted by Crippen LogP contribution is 2.29. The predicted molar refractivity (Wildman–Crippen MR) is 133 cm³/mol. The van der Waals surface area contributed by atoms with Crippen LogP contribution in [0.25, 0.3) is 0 Å². The van der Waals surface area contributed by atoms with Gasteiger partial charge in [0.15, 0.2) is 0 Å². The Balaban J connectivity index is 1.17. The molecule has 8 nitrogen and oxygen atoms in total. The molecule has 0 saturated carbocycles. The zero-order valence-corrected chi connectivity index (χ0v) is 19.9. The maximum absolute atomic E-state index is 13.0. The van der Waals surface area contributed by atoms with Crippen molar-refractivity contribution in [3.63, 3.8) is 0 Å². The van der Waals surface area contributed by atoms with E-state index in [9.17, 15) is 18.0 Å². The number of anilines is 2. The van der Waals surface area contributed by atoms with E-state index < -0.39 is 10.0 Å². The van der Waals surface area contributed by atoms with E-state index in [1.807, 2.05) is 24.3 Å². The highest BCUT2D eigenvalue weighted by atomic mass is 32.2. The number of hydrogen-bond acceptors (Lipinski definition) is 5. The molecule has 2 amide bonds. The van der Waals surface area contributed by atoms with Crippen LogP contribution in [0, 0.1) is 5.92 Å². The first-order valence-electron chi connectivity index (χ1n) is 11.6. The number of rotatable bonds is 5. The number of pyridine rings is 1. The lowest BCUT2D eigenvalue weighted by Crippen LogP contribution is -2.41. The van der Waals surface area contributed by atoms with Crippen molar-refractivity contribution in [2.45, 2.75) is 24.2 Å². The molecule has 9 heteroatoms. The molecule has 0 unspecified atom stereocenters. The zero-order valence-electron chi connectivity index (χ0n) is 19.1. The molecule has 1 N–H and O–H groups in total. The van der Waals surface area contributed by atoms with Crippen LogP contribution in [0.1, 0.15) is 28.8 Å². The molecule has 1 fully saturated rings. The molecule has 1 saturated heterocycles. The summed E-state index contributed by atoms with van der Waals surface area (Å²) in [6.07, 6.45) is 4.60. The largest absolute Gasteiger partial charge is 0.326 e. The minimum Gasteiger partial charge on any atom is -0.326 e. The van der Waals surface area contributed by atoms with Crippen LogP contribution < -0.4 is 10.2 Å². The number of benzene rings is 2. The molecule has 2 aromatic carbocycles. The van der Waals surface area contributed by atoms with Crippen LogP contribution in [-0.4, -0.2) is 49.2 Å². The summed E-state index contributed by atoms with van der Waals surface area (Å²) in [6, 6.07) is 17.9. The Morgan fingerprint density at radius 2 is 1.66 bits per heavy atom. The third-order valence-electron chi connectivity index (χ3n) is 6.63. The Morgan fingerprint density at radius 3 is 2.37 bits per heavy atom. The molecule has 2 aliphatic heterocycles. The van der Waals surface area contributed by atoms with Gasteiger partial charge in [0.05, 0.1) is 0 Å². The topological polar surface area (TPSA) is 99.7 Å². The second-order valence-electron chi connectivity index (χ2n) is 8.77. The Hall–Kier alpha value is -3.56. The second-order valence-corrected chi connectivity index (χ2v) is 10.7. The molecule has 5 rings (SSSR count). The summed E-state index contributed by atoms with van der Waals surface area (Å²) >= 11 is 0. The number of fused-ring (bicyclic) bond motifs is 1. The zero-order chi connectivity index (χ0) is 24.4. The van der Waals surface area contributed by atoms with Gasteiger partial charge in [-0.3, -0.25) is 14.6 Å². The van der Waals surface area contributed by atoms with E-state index >= 15 is 0 Å². The Kier molecular flexibility index (Phi) is 6.36. The smallest absolute Gasteiger partial charge is 0.258 e. The number of hydrogen-bond donors (Lipinski definition) is 1. The number of amides is 2. The average Bonchev–Trinajstić information content (AvgIpc) is 3.33. The number of sulfonamides is 1. The fraction of sp³-hybridized carbons (Fsp3) is 0.269. The van der Waals surface area contributed by atoms with Crippen molar-refractivity contribution in [1.29, 1.82) is 0 Å². The Morgan fingerprint density at radius 1 is 0.914 bits per heavy atom. The summed E-state index contributed by atoms with van der Waals surface area (Å²) in [4.78, 5) is 31.6. The molecular formula is C26H26N4O4S. The van der Waals surface area contributed by atoms with Crippen LogP contribution in [0.15, 0.2) is 78.0 Å². The average molecular weight is 491 g/mol. The van der Waals surface area contributed by atoms with Gasteiger partial charge in [0.2, 0.25) is 15.9 Å². The maximum Gasteiger partial charge on any atom is 0.258 e. The maximum atomic E-state index is 13.0. The van der Waals surface area contributed by atoms with Crippen molar-refractivity contribution < 1.29 is 18.0 Å². The molecule has 180 valence electrons. The first-order valence-corrected chi connectivity index (χ1v) is 13.1. The highest BCUT2D eigenvalue weighted by Gasteiger charge is 2.32. The van der Waals surface area contributed by atoms with Gasteiger partial charge in [-0.25, -0.2) is 8.42 Å². The monoisotopic (exact) mass is 490 g/mol. The van der Waals surface area contributed by atoms with Gasteiger partial charge in [-0.1, -0.05) is 18.2 Å². The number of aromatic nitrogens is 1. The molecule has 0 spiro atoms. The molecule has 3 heterocycles. The minimum atomic E-state index is -3.61. The molecule has 1 aromatic heterocycles. The number of nitrogens with one attached hydrogen (secondary N) is 1. The van der Waals surface area contributed by atoms with E-state index in [0.717, 1.165) is 12.1 Å². The van der Waals surface area contributed by atoms with E-state index in [-0.39, 0.29) is 35.7 Å². The van der Waals surface area contributed by atoms with Crippen molar-refractivity contribution in [3.8, 4) is 0 Å². The van der Waals surface area contributed by atoms with Crippen molar-refractivity contribution in [3.05, 3.63) is 84.2 Å². The van der Waals surface area contributed by atoms with Gasteiger partial charge in [-0.2, -0.15) is 4.31 Å². The van der Waals surface area contributed by atoms with Gasteiger partial charge in [0, 0.05) is 54.9 Å². The van der Waals surface area contributed by atoms with Crippen LogP contribution in [-0.2, 0) is 21.2 Å². The van der Waals surface area contributed by atoms with Gasteiger partial charge in [-0.05, 0) is 67.3 Å². The highest BCUT2D eigenvalue weighted by molar-refractivity contribution is 7.89. The first kappa shape index (κ1) is 23.2. The molecule has 0 atom stereocenters. The van der Waals surface area contributed by atoms with E-state index in [1.54, 1.807) is 35.2 Å². The normalized spacial score (nSPS) is 16.6. The summed E-state index contributed by atoms with van der Waals surface area (Å²) < 4.78 is 26.9. The lowest BCUT2D eigenvalue weighted by Gasteiger charge is -2.30. The summed E-state index contributed by atoms with van der Waals surface area (Å²) in [5.41, 5.74) is 3.29. The summed E-state index contributed by atoms with van der Waals surface area (Å²) in [5.74, 6) is -0.483. The lowest BCUT2D eigenvalue weighted by atomic mass is 9.97. The van der Waals surface area contributed by atoms with E-state index in [4.69, 9.17) is 0 Å². The van der Waals surface area contributed by atoms with Crippen molar-refractivity contribution >= 4 is 33.2 Å². The van der Waals surface area contributed by atoms with Gasteiger partial charge in [0.1, 0.15) is 4.90 Å². The Labute approximate surface area is 204 Å². The van der Waals surface area contributed by atoms with Crippen molar-refractivity contribution in [2.75, 3.05) is 29.9 Å². The summed E-state index contributed by atoms with van der Waals surface area (Å²) in [5, 5.41) is 2.91. The van der Waals surface area contributed by atoms with Crippen LogP contribution in [0.2, 0.25) is 0 Å². The lowest BCUT2D eigenvalue weighted by molar-refractivity contribution is -0.120. The van der Waals surface area contributed by atoms with Gasteiger partial charge < -0.3 is 10.2 Å². The summed E-state index contributed by atoms with van der Waals surface area (Å²) in [6.45, 7) is 1.21. The number of nitrogens with zero attached hydrogens (tertiary/aromatic N) is 3. The molecule has 35 heavy (non-hydrogen) atoms. The van der Waals surface area contributed by atoms with E-state index in [1.165, 1.54) is 28.3 Å². The molecule has 3 aromatic rings. The van der Waals surface area contributed by atoms with E-state index in [0.29, 0.717) is 30.6 Å². The van der Waals surface area contributed by atoms with Crippen LogP contribution >= 0.6 is 0 Å². The molecule has 0 bridgehead atoms. The number of carbonyl (C=O) groups excluding carboxylic acids is 2. The molecular weight excluding hydrogens is 464 g/mol. The van der Waals surface area contributed by atoms with Gasteiger partial charge in [-0.15, -0.1) is 0 Å². The SMILES string of the molecule is O=C(Nc1ccc(C(=O)N2CCc3ccccc32)cc1)C1CCN(S(=O)(=O)c2cccnc2)CC1. The van der Waals surface area contributed by atoms with Crippen LogP contribution in [0.4, 0.5) is 11.4 Å². The fourth-order valence-electron chi connectivity index (χ4n) is 4.65. The number of para-hydroxylation sites is 1. The van der Waals surface area contributed by atoms with E-state index in [2.05, 4.69) is 10.3 Å². The molecule has 0 aliphatic carbocycles.